The van der Waals surface area contributed by atoms with E-state index in [9.17, 15) is 74.6 Å². The Hall–Kier alpha value is -1.41. The van der Waals surface area contributed by atoms with Gasteiger partial charge in [-0.3, -0.25) is 0 Å². The van der Waals surface area contributed by atoms with Crippen LogP contribution in [0.4, 0.5) is 92.2 Å². The molecular weight excluding hydrogens is 851 g/mol. The normalized spacial score (nSPS) is 14.9. The number of hydrogen-bond acceptors (Lipinski definition) is 4. The van der Waals surface area contributed by atoms with Crippen molar-refractivity contribution in [2.45, 2.75) is 164 Å². The predicted octanol–water partition coefficient (Wildman–Crippen LogP) is 12.5. The number of rotatable bonds is 27. The van der Waals surface area contributed by atoms with Gasteiger partial charge in [-0.05, 0) is 26.2 Å². The molecule has 340 valence electrons. The minimum Gasteiger partial charge on any atom is -0.397 e. The highest BCUT2D eigenvalue weighted by atomic mass is 28.4. The van der Waals surface area contributed by atoms with E-state index < -0.39 is 87.7 Å². The fourth-order valence-corrected chi connectivity index (χ4v) is 6.93. The summed E-state index contributed by atoms with van der Waals surface area (Å²) in [5, 5.41) is 7.57. The van der Waals surface area contributed by atoms with Crippen LogP contribution in [0.2, 0.25) is 0 Å². The molecule has 0 atom stereocenters. The highest BCUT2D eigenvalue weighted by Gasteiger charge is 2.99. The standard InChI is InChI=1S/C28H39F21O3Si.C2H6O/c1-4-7-10-13-16-50-53(51-17-14-11-8-5-2,52-18-15-12-9-6-3)28(48,49)26(43,44)24(39,40)22(35,36)20(31,32)19(29,30)21(33,34)23(37,38)25(41,42)27(45,46)47;1-2-3/h4-18H2,1-3H3;3H,2H2,1H3. The molecule has 0 amide bonds. The fourth-order valence-electron chi connectivity index (χ4n) is 4.35. The minimum absolute atomic E-state index is 0.0533. The average Bonchev–Trinajstić information content (AvgIpc) is 3.06. The van der Waals surface area contributed by atoms with Crippen LogP contribution < -0.4 is 0 Å². The van der Waals surface area contributed by atoms with Gasteiger partial charge in [0.25, 0.3) is 0 Å². The van der Waals surface area contributed by atoms with Gasteiger partial charge in [0.2, 0.25) is 0 Å². The molecule has 0 aliphatic carbocycles. The number of alkyl halides is 21. The van der Waals surface area contributed by atoms with Crippen LogP contribution in [0.3, 0.4) is 0 Å². The topological polar surface area (TPSA) is 47.9 Å². The Kier molecular flexibility index (Phi) is 21.5. The van der Waals surface area contributed by atoms with Crippen molar-refractivity contribution in [1.29, 1.82) is 0 Å². The summed E-state index contributed by atoms with van der Waals surface area (Å²) in [5.41, 5.74) is -7.10. The van der Waals surface area contributed by atoms with Gasteiger partial charge in [0.15, 0.2) is 0 Å². The first-order valence-corrected chi connectivity index (χ1v) is 18.8. The number of halogens is 21. The van der Waals surface area contributed by atoms with Crippen molar-refractivity contribution in [3.63, 3.8) is 0 Å². The molecule has 0 bridgehead atoms. The zero-order valence-corrected chi connectivity index (χ0v) is 31.4. The van der Waals surface area contributed by atoms with Gasteiger partial charge in [0.1, 0.15) is 0 Å². The van der Waals surface area contributed by atoms with E-state index in [0.717, 1.165) is 0 Å². The van der Waals surface area contributed by atoms with Crippen molar-refractivity contribution in [2.75, 3.05) is 26.4 Å². The summed E-state index contributed by atoms with van der Waals surface area (Å²) in [7, 11) is -7.07. The highest BCUT2D eigenvalue weighted by Crippen LogP contribution is 2.66. The van der Waals surface area contributed by atoms with E-state index in [4.69, 9.17) is 18.4 Å². The second kappa shape index (κ2) is 21.2. The van der Waals surface area contributed by atoms with Crippen molar-refractivity contribution in [3.8, 4) is 0 Å². The zero-order chi connectivity index (χ0) is 44.9. The Bertz CT molecular complexity index is 1070. The summed E-state index contributed by atoms with van der Waals surface area (Å²) in [6.45, 7) is 3.35. The quantitative estimate of drug-likeness (QED) is 0.0507. The van der Waals surface area contributed by atoms with Crippen LogP contribution in [0.25, 0.3) is 0 Å². The summed E-state index contributed by atoms with van der Waals surface area (Å²) in [6.07, 6.45) is -6.72. The highest BCUT2D eigenvalue weighted by molar-refractivity contribution is 6.63. The Balaban J connectivity index is 0. The molecule has 0 aliphatic rings. The summed E-state index contributed by atoms with van der Waals surface area (Å²) in [4.78, 5) is 0. The first-order valence-electron chi connectivity index (χ1n) is 17.1. The molecule has 0 rings (SSSR count). The molecule has 0 heterocycles. The van der Waals surface area contributed by atoms with Gasteiger partial charge in [-0.2, -0.15) is 92.2 Å². The summed E-state index contributed by atoms with van der Waals surface area (Å²) >= 11 is 0. The number of aliphatic hydroxyl groups excluding tert-OH is 1. The fraction of sp³-hybridized carbons (Fsp3) is 1.00. The van der Waals surface area contributed by atoms with Crippen LogP contribution in [0.1, 0.15) is 105 Å². The van der Waals surface area contributed by atoms with E-state index in [1.54, 1.807) is 27.7 Å². The number of aliphatic hydroxyl groups is 1. The van der Waals surface area contributed by atoms with E-state index in [0.29, 0.717) is 38.5 Å². The third kappa shape index (κ3) is 11.0. The zero-order valence-electron chi connectivity index (χ0n) is 30.4. The SMILES string of the molecule is CCCCCCO[Si](OCCCCCC)(OCCCCCC)C(F)(F)C(F)(F)C(F)(F)C(F)(F)C(F)(F)C(F)(F)C(F)(F)C(F)(F)C(F)(F)C(F)(F)F.CCO. The molecule has 26 heteroatoms. The Labute approximate surface area is 310 Å². The maximum absolute atomic E-state index is 15.9. The average molecular weight is 897 g/mol. The third-order valence-corrected chi connectivity index (χ3v) is 10.6. The van der Waals surface area contributed by atoms with Gasteiger partial charge >= 0.3 is 67.9 Å². The second-order valence-electron chi connectivity index (χ2n) is 12.3. The monoisotopic (exact) mass is 896 g/mol. The first-order chi connectivity index (χ1) is 25.1. The Morgan fingerprint density at radius 1 is 0.339 bits per heavy atom. The molecule has 0 aliphatic heterocycles. The van der Waals surface area contributed by atoms with Gasteiger partial charge < -0.3 is 18.4 Å². The largest absolute Gasteiger partial charge is 0.582 e. The van der Waals surface area contributed by atoms with Crippen molar-refractivity contribution < 1.29 is 111 Å². The molecular formula is C30H45F21O4Si. The van der Waals surface area contributed by atoms with Gasteiger partial charge in [0, 0.05) is 26.4 Å². The molecule has 1 N–H and O–H groups in total. The molecule has 56 heavy (non-hydrogen) atoms. The molecule has 0 saturated heterocycles. The molecule has 0 unspecified atom stereocenters. The number of unbranched alkanes of at least 4 members (excludes halogenated alkanes) is 9. The van der Waals surface area contributed by atoms with E-state index in [1.807, 2.05) is 0 Å². The molecule has 0 aromatic rings. The predicted molar refractivity (Wildman–Crippen MR) is 159 cm³/mol. The van der Waals surface area contributed by atoms with Crippen molar-refractivity contribution in [2.24, 2.45) is 0 Å². The molecule has 0 fully saturated rings. The lowest BCUT2D eigenvalue weighted by Gasteiger charge is -2.46. The van der Waals surface area contributed by atoms with Crippen LogP contribution in [-0.4, -0.2) is 99.4 Å². The van der Waals surface area contributed by atoms with Crippen LogP contribution in [-0.2, 0) is 13.3 Å². The first kappa shape index (κ1) is 56.7. The van der Waals surface area contributed by atoms with Crippen LogP contribution >= 0.6 is 0 Å². The van der Waals surface area contributed by atoms with E-state index in [1.165, 1.54) is 0 Å². The lowest BCUT2D eigenvalue weighted by atomic mass is 9.87. The third-order valence-electron chi connectivity index (χ3n) is 7.77. The van der Waals surface area contributed by atoms with Crippen LogP contribution in [0.5, 0.6) is 0 Å². The van der Waals surface area contributed by atoms with Crippen LogP contribution in [0, 0.1) is 0 Å². The van der Waals surface area contributed by atoms with Crippen molar-refractivity contribution in [1.82, 2.24) is 0 Å². The summed E-state index contributed by atoms with van der Waals surface area (Å²) in [5.74, 6) is -71.1. The molecule has 0 radical (unpaired) electrons. The van der Waals surface area contributed by atoms with Gasteiger partial charge in [0.05, 0.1) is 0 Å². The van der Waals surface area contributed by atoms with Gasteiger partial charge in [-0.1, -0.05) is 78.6 Å². The summed E-state index contributed by atoms with van der Waals surface area (Å²) in [6, 6.07) is 0. The van der Waals surface area contributed by atoms with Crippen molar-refractivity contribution >= 4 is 8.80 Å². The molecule has 0 aromatic carbocycles. The smallest absolute Gasteiger partial charge is 0.397 e. The minimum atomic E-state index is -9.24. The second-order valence-corrected chi connectivity index (χ2v) is 14.9. The molecule has 4 nitrogen and oxygen atoms in total. The lowest BCUT2D eigenvalue weighted by molar-refractivity contribution is -0.473. The van der Waals surface area contributed by atoms with E-state index in [2.05, 4.69) is 0 Å². The van der Waals surface area contributed by atoms with Gasteiger partial charge in [-0.15, -0.1) is 0 Å². The molecule has 0 saturated carbocycles. The van der Waals surface area contributed by atoms with Crippen LogP contribution in [0.15, 0.2) is 0 Å². The van der Waals surface area contributed by atoms with Gasteiger partial charge in [-0.25, -0.2) is 0 Å². The molecule has 0 spiro atoms. The Morgan fingerprint density at radius 3 is 0.768 bits per heavy atom. The maximum Gasteiger partial charge on any atom is 0.582 e. The lowest BCUT2D eigenvalue weighted by Crippen LogP contribution is -2.79. The number of hydrogen-bond donors (Lipinski definition) is 1. The summed E-state index contributed by atoms with van der Waals surface area (Å²) < 4.78 is 311. The van der Waals surface area contributed by atoms with E-state index in [-0.39, 0.29) is 45.1 Å². The van der Waals surface area contributed by atoms with Crippen molar-refractivity contribution in [3.05, 3.63) is 0 Å². The Morgan fingerprint density at radius 2 is 0.554 bits per heavy atom. The maximum atomic E-state index is 15.9. The van der Waals surface area contributed by atoms with E-state index >= 15 is 17.6 Å². The molecule has 0 aromatic heterocycles.